The number of carboxylic acids is 1. The molecule has 0 atom stereocenters. The van der Waals surface area contributed by atoms with E-state index in [0.717, 1.165) is 10.5 Å². The van der Waals surface area contributed by atoms with Crippen molar-refractivity contribution in [1.29, 1.82) is 0 Å². The zero-order chi connectivity index (χ0) is 30.9. The second-order valence-electron chi connectivity index (χ2n) is 9.17. The first-order valence-corrected chi connectivity index (χ1v) is 14.5. The Kier molecular flexibility index (Phi) is 10.6. The normalized spacial score (nSPS) is 11.0. The number of hydrogen-bond donors (Lipinski definition) is 4. The number of carbonyl (C=O) groups excluding carboxylic acids is 3. The Balaban J connectivity index is 1.42. The van der Waals surface area contributed by atoms with Crippen LogP contribution in [0.1, 0.15) is 31.8 Å². The van der Waals surface area contributed by atoms with E-state index in [-0.39, 0.29) is 27.9 Å². The van der Waals surface area contributed by atoms with Crippen LogP contribution in [0.4, 0.5) is 11.4 Å². The van der Waals surface area contributed by atoms with E-state index in [1.807, 2.05) is 0 Å². The highest BCUT2D eigenvalue weighted by atomic mass is 35.5. The van der Waals surface area contributed by atoms with Gasteiger partial charge in [-0.05, 0) is 78.7 Å². The first kappa shape index (κ1) is 31.4. The number of benzene rings is 4. The Bertz CT molecular complexity index is 1710. The Labute approximate surface area is 262 Å². The number of nitrogens with one attached hydrogen (secondary N) is 3. The van der Waals surface area contributed by atoms with Crippen molar-refractivity contribution in [3.8, 4) is 0 Å². The second-order valence-corrected chi connectivity index (χ2v) is 11.0. The molecule has 0 fully saturated rings. The first-order valence-electron chi connectivity index (χ1n) is 12.8. The van der Waals surface area contributed by atoms with Crippen LogP contribution in [-0.2, 0) is 9.59 Å². The van der Waals surface area contributed by atoms with Gasteiger partial charge in [-0.3, -0.25) is 14.4 Å². The fraction of sp³-hybridized carbons (Fsp3) is 0.0625. The van der Waals surface area contributed by atoms with Gasteiger partial charge in [0.15, 0.2) is 0 Å². The van der Waals surface area contributed by atoms with Gasteiger partial charge in [-0.2, -0.15) is 0 Å². The zero-order valence-corrected chi connectivity index (χ0v) is 25.0. The second kappa shape index (κ2) is 14.6. The number of carboxylic acid groups (broad SMARTS) is 1. The minimum atomic E-state index is -1.08. The molecule has 0 aromatic heterocycles. The van der Waals surface area contributed by atoms with Crippen LogP contribution in [0.2, 0.25) is 10.0 Å². The highest BCUT2D eigenvalue weighted by Crippen LogP contribution is 2.27. The van der Waals surface area contributed by atoms with E-state index in [0.29, 0.717) is 27.5 Å². The summed E-state index contributed by atoms with van der Waals surface area (Å²) in [5, 5.41) is 17.9. The largest absolute Gasteiger partial charge is 0.478 e. The van der Waals surface area contributed by atoms with Crippen LogP contribution in [0.5, 0.6) is 0 Å². The third-order valence-electron chi connectivity index (χ3n) is 6.05. The molecule has 0 aliphatic rings. The van der Waals surface area contributed by atoms with Gasteiger partial charge < -0.3 is 21.1 Å². The van der Waals surface area contributed by atoms with Crippen molar-refractivity contribution in [1.82, 2.24) is 5.32 Å². The molecular formula is C32H25Cl2N3O5S. The molecule has 0 saturated heterocycles. The Morgan fingerprint density at radius 1 is 0.837 bits per heavy atom. The third kappa shape index (κ3) is 8.71. The molecule has 11 heteroatoms. The van der Waals surface area contributed by atoms with Crippen LogP contribution in [0.15, 0.2) is 102 Å². The fourth-order valence-electron chi connectivity index (χ4n) is 3.79. The lowest BCUT2D eigenvalue weighted by molar-refractivity contribution is -0.114. The maximum atomic E-state index is 13.3. The number of carbonyl (C=O) groups is 4. The predicted molar refractivity (Wildman–Crippen MR) is 171 cm³/mol. The minimum Gasteiger partial charge on any atom is -0.478 e. The molecule has 0 aliphatic carbocycles. The molecule has 3 amide bonds. The molecule has 4 aromatic rings. The van der Waals surface area contributed by atoms with Gasteiger partial charge in [0.2, 0.25) is 5.91 Å². The van der Waals surface area contributed by atoms with Gasteiger partial charge in [-0.25, -0.2) is 4.79 Å². The molecule has 0 radical (unpaired) electrons. The van der Waals surface area contributed by atoms with E-state index in [1.165, 1.54) is 30.0 Å². The van der Waals surface area contributed by atoms with E-state index >= 15 is 0 Å². The molecule has 4 aromatic carbocycles. The maximum absolute atomic E-state index is 13.3. The van der Waals surface area contributed by atoms with Crippen molar-refractivity contribution in [3.05, 3.63) is 129 Å². The summed E-state index contributed by atoms with van der Waals surface area (Å²) in [6.07, 6.45) is 1.45. The van der Waals surface area contributed by atoms with Crippen molar-refractivity contribution in [2.45, 2.75) is 11.8 Å². The Morgan fingerprint density at radius 3 is 2.26 bits per heavy atom. The highest BCUT2D eigenvalue weighted by molar-refractivity contribution is 8.00. The lowest BCUT2D eigenvalue weighted by Gasteiger charge is -2.12. The maximum Gasteiger partial charge on any atom is 0.335 e. The smallest absolute Gasteiger partial charge is 0.335 e. The molecule has 4 N–H and O–H groups in total. The van der Waals surface area contributed by atoms with Gasteiger partial charge in [0.25, 0.3) is 11.8 Å². The standard InChI is InChI=1S/C32H25Cl2N3O5S/c1-19-10-11-22(32(41)42)17-26(19)36-28(38)18-43-24-14-12-23(13-15-24)35-31(40)27(16-21-8-5-9-25(33)29(21)34)37-30(39)20-6-3-2-4-7-20/h2-17H,18H2,1H3,(H,35,40)(H,36,38)(H,37,39)(H,41,42)/b27-16-. The average Bonchev–Trinajstić information content (AvgIpc) is 3.00. The van der Waals surface area contributed by atoms with Crippen LogP contribution in [0, 0.1) is 6.92 Å². The number of thioether (sulfide) groups is 1. The van der Waals surface area contributed by atoms with Crippen LogP contribution in [0.3, 0.4) is 0 Å². The van der Waals surface area contributed by atoms with Crippen molar-refractivity contribution in [3.63, 3.8) is 0 Å². The van der Waals surface area contributed by atoms with Gasteiger partial charge in [0.1, 0.15) is 5.70 Å². The van der Waals surface area contributed by atoms with Crippen molar-refractivity contribution >= 4 is 76.1 Å². The predicted octanol–water partition coefficient (Wildman–Crippen LogP) is 7.14. The lowest BCUT2D eigenvalue weighted by Crippen LogP contribution is -2.30. The van der Waals surface area contributed by atoms with Crippen LogP contribution in [0.25, 0.3) is 6.08 Å². The van der Waals surface area contributed by atoms with Gasteiger partial charge >= 0.3 is 5.97 Å². The number of aromatic carboxylic acids is 1. The van der Waals surface area contributed by atoms with Gasteiger partial charge in [0, 0.05) is 21.8 Å². The van der Waals surface area contributed by atoms with Crippen molar-refractivity contribution in [2.24, 2.45) is 0 Å². The Morgan fingerprint density at radius 2 is 1.56 bits per heavy atom. The van der Waals surface area contributed by atoms with E-state index in [2.05, 4.69) is 16.0 Å². The molecule has 4 rings (SSSR count). The molecule has 218 valence electrons. The summed E-state index contributed by atoms with van der Waals surface area (Å²) in [4.78, 5) is 50.6. The quantitative estimate of drug-likeness (QED) is 0.109. The minimum absolute atomic E-state index is 0.0459. The van der Waals surface area contributed by atoms with Gasteiger partial charge in [-0.15, -0.1) is 11.8 Å². The summed E-state index contributed by atoms with van der Waals surface area (Å²) in [6, 6.07) is 24.8. The van der Waals surface area contributed by atoms with E-state index in [4.69, 9.17) is 23.2 Å². The van der Waals surface area contributed by atoms with Gasteiger partial charge in [-0.1, -0.05) is 59.6 Å². The molecule has 0 saturated carbocycles. The molecule has 0 bridgehead atoms. The topological polar surface area (TPSA) is 125 Å². The van der Waals surface area contributed by atoms with Crippen LogP contribution < -0.4 is 16.0 Å². The molecule has 0 spiro atoms. The molecule has 0 heterocycles. The summed E-state index contributed by atoms with van der Waals surface area (Å²) < 4.78 is 0. The summed E-state index contributed by atoms with van der Waals surface area (Å²) in [5.74, 6) is -2.35. The summed E-state index contributed by atoms with van der Waals surface area (Å²) in [6.45, 7) is 1.78. The van der Waals surface area contributed by atoms with Crippen LogP contribution in [-0.4, -0.2) is 34.6 Å². The first-order chi connectivity index (χ1) is 20.6. The number of amides is 3. The summed E-state index contributed by atoms with van der Waals surface area (Å²) in [7, 11) is 0. The molecule has 0 unspecified atom stereocenters. The van der Waals surface area contributed by atoms with Crippen molar-refractivity contribution in [2.75, 3.05) is 16.4 Å². The lowest BCUT2D eigenvalue weighted by atomic mass is 10.1. The molecule has 0 aliphatic heterocycles. The fourth-order valence-corrected chi connectivity index (χ4v) is 4.85. The van der Waals surface area contributed by atoms with Crippen LogP contribution >= 0.6 is 35.0 Å². The number of rotatable bonds is 10. The molecule has 8 nitrogen and oxygen atoms in total. The number of hydrogen-bond acceptors (Lipinski definition) is 5. The Hall–Kier alpha value is -4.57. The number of aryl methyl sites for hydroxylation is 1. The molecular weight excluding hydrogens is 609 g/mol. The summed E-state index contributed by atoms with van der Waals surface area (Å²) in [5.41, 5.74) is 2.49. The third-order valence-corrected chi connectivity index (χ3v) is 7.90. The SMILES string of the molecule is Cc1ccc(C(=O)O)cc1NC(=O)CSc1ccc(NC(=O)/C(=C/c2cccc(Cl)c2Cl)NC(=O)c2ccccc2)cc1. The van der Waals surface area contributed by atoms with Crippen molar-refractivity contribution < 1.29 is 24.3 Å². The zero-order valence-electron chi connectivity index (χ0n) is 22.7. The number of anilines is 2. The number of halogens is 2. The van der Waals surface area contributed by atoms with E-state index in [1.54, 1.807) is 85.8 Å². The van der Waals surface area contributed by atoms with Gasteiger partial charge in [0.05, 0.1) is 21.4 Å². The summed E-state index contributed by atoms with van der Waals surface area (Å²) >= 11 is 13.7. The molecule has 43 heavy (non-hydrogen) atoms. The van der Waals surface area contributed by atoms with E-state index in [9.17, 15) is 24.3 Å². The highest BCUT2D eigenvalue weighted by Gasteiger charge is 2.17. The van der Waals surface area contributed by atoms with E-state index < -0.39 is 17.8 Å². The monoisotopic (exact) mass is 633 g/mol. The average molecular weight is 635 g/mol.